The van der Waals surface area contributed by atoms with Crippen molar-refractivity contribution in [2.45, 2.75) is 39.7 Å². The summed E-state index contributed by atoms with van der Waals surface area (Å²) < 4.78 is 0. The average Bonchev–Trinajstić information content (AvgIpc) is 2.27. The van der Waals surface area contributed by atoms with Crippen LogP contribution in [0, 0.1) is 5.92 Å². The number of rotatable bonds is 3. The van der Waals surface area contributed by atoms with Crippen molar-refractivity contribution in [2.75, 3.05) is 0 Å². The van der Waals surface area contributed by atoms with Crippen LogP contribution < -0.4 is 0 Å². The van der Waals surface area contributed by atoms with Gasteiger partial charge in [-0.15, -0.1) is 0 Å². The van der Waals surface area contributed by atoms with Gasteiger partial charge in [0.2, 0.25) is 0 Å². The summed E-state index contributed by atoms with van der Waals surface area (Å²) in [5, 5.41) is 0. The van der Waals surface area contributed by atoms with Gasteiger partial charge in [-0.25, -0.2) is 0 Å². The Balaban J connectivity index is 2.82. The monoisotopic (exact) mass is 195 g/mol. The van der Waals surface area contributed by atoms with Gasteiger partial charge in [0.05, 0.1) is 0 Å². The fourth-order valence-corrected chi connectivity index (χ4v) is 2.09. The summed E-state index contributed by atoms with van der Waals surface area (Å²) in [4.78, 5) is 24.2. The highest BCUT2D eigenvalue weighted by Crippen LogP contribution is 2.26. The van der Waals surface area contributed by atoms with E-state index in [1.54, 1.807) is 0 Å². The summed E-state index contributed by atoms with van der Waals surface area (Å²) in [6, 6.07) is 0. The molecule has 0 spiro atoms. The van der Waals surface area contributed by atoms with Gasteiger partial charge in [-0.2, -0.15) is 0 Å². The highest BCUT2D eigenvalue weighted by atomic mass is 16.2. The van der Waals surface area contributed by atoms with Crippen molar-refractivity contribution in [3.05, 3.63) is 12.2 Å². The lowest BCUT2D eigenvalue weighted by Crippen LogP contribution is -2.48. The van der Waals surface area contributed by atoms with Crippen LogP contribution in [0.15, 0.2) is 12.2 Å². The Hall–Kier alpha value is -1.12. The second-order valence-electron chi connectivity index (χ2n) is 4.76. The fraction of sp³-hybridized carbons (Fsp3) is 0.636. The van der Waals surface area contributed by atoms with E-state index in [1.807, 2.05) is 13.8 Å². The third-order valence-corrected chi connectivity index (χ3v) is 2.32. The van der Waals surface area contributed by atoms with Gasteiger partial charge in [0.25, 0.3) is 11.8 Å². The molecule has 0 saturated heterocycles. The zero-order chi connectivity index (χ0) is 10.9. The Morgan fingerprint density at radius 3 is 2.00 bits per heavy atom. The molecule has 0 fully saturated rings. The predicted molar refractivity (Wildman–Crippen MR) is 54.5 cm³/mol. The number of carbonyl (C=O) groups is 2. The molecule has 1 heterocycles. The van der Waals surface area contributed by atoms with E-state index >= 15 is 0 Å². The first-order valence-electron chi connectivity index (χ1n) is 4.91. The molecule has 0 atom stereocenters. The standard InChI is InChI=1S/C11H17NO2/c1-8(2)7-11(3,4)12-9(13)5-6-10(12)14/h5-6,8H,7H2,1-4H3. The molecule has 1 rings (SSSR count). The molecule has 0 N–H and O–H groups in total. The molecule has 0 saturated carbocycles. The highest BCUT2D eigenvalue weighted by Gasteiger charge is 2.37. The van der Waals surface area contributed by atoms with Crippen molar-refractivity contribution in [2.24, 2.45) is 5.92 Å². The van der Waals surface area contributed by atoms with Gasteiger partial charge < -0.3 is 0 Å². The smallest absolute Gasteiger partial charge is 0.254 e. The van der Waals surface area contributed by atoms with Gasteiger partial charge in [0.1, 0.15) is 0 Å². The SMILES string of the molecule is CC(C)CC(C)(C)N1C(=O)C=CC1=O. The van der Waals surface area contributed by atoms with Gasteiger partial charge >= 0.3 is 0 Å². The molecular weight excluding hydrogens is 178 g/mol. The molecule has 1 aliphatic heterocycles. The Labute approximate surface area is 84.8 Å². The van der Waals surface area contributed by atoms with Crippen molar-refractivity contribution in [3.8, 4) is 0 Å². The molecule has 0 aromatic carbocycles. The van der Waals surface area contributed by atoms with Crippen molar-refractivity contribution in [1.29, 1.82) is 0 Å². The summed E-state index contributed by atoms with van der Waals surface area (Å²) in [5.41, 5.74) is -0.383. The second kappa shape index (κ2) is 3.56. The van der Waals surface area contributed by atoms with Crippen LogP contribution in [0.25, 0.3) is 0 Å². The Kier molecular flexibility index (Phi) is 2.79. The molecule has 0 unspecified atom stereocenters. The Bertz CT molecular complexity index is 272. The lowest BCUT2D eigenvalue weighted by molar-refractivity contribution is -0.143. The molecule has 78 valence electrons. The minimum Gasteiger partial charge on any atom is -0.270 e. The Morgan fingerprint density at radius 1 is 1.21 bits per heavy atom. The average molecular weight is 195 g/mol. The van der Waals surface area contributed by atoms with Crippen LogP contribution in [0.4, 0.5) is 0 Å². The first kappa shape index (κ1) is 11.0. The van der Waals surface area contributed by atoms with Crippen LogP contribution in [0.3, 0.4) is 0 Å². The van der Waals surface area contributed by atoms with Crippen LogP contribution >= 0.6 is 0 Å². The molecule has 0 radical (unpaired) electrons. The van der Waals surface area contributed by atoms with Crippen LogP contribution in [0.2, 0.25) is 0 Å². The van der Waals surface area contributed by atoms with Crippen LogP contribution in [0.5, 0.6) is 0 Å². The molecule has 14 heavy (non-hydrogen) atoms. The number of hydrogen-bond acceptors (Lipinski definition) is 2. The van der Waals surface area contributed by atoms with E-state index in [1.165, 1.54) is 17.1 Å². The van der Waals surface area contributed by atoms with Crippen molar-refractivity contribution < 1.29 is 9.59 Å². The molecule has 3 heteroatoms. The summed E-state index contributed by atoms with van der Waals surface area (Å²) >= 11 is 0. The van der Waals surface area contributed by atoms with Gasteiger partial charge in [0.15, 0.2) is 0 Å². The second-order valence-corrected chi connectivity index (χ2v) is 4.76. The third kappa shape index (κ3) is 2.03. The van der Waals surface area contributed by atoms with Crippen molar-refractivity contribution in [1.82, 2.24) is 4.90 Å². The molecule has 2 amide bonds. The maximum atomic E-state index is 11.4. The van der Waals surface area contributed by atoms with Gasteiger partial charge in [-0.05, 0) is 26.2 Å². The van der Waals surface area contributed by atoms with E-state index in [0.717, 1.165) is 6.42 Å². The predicted octanol–water partition coefficient (Wildman–Crippen LogP) is 1.74. The summed E-state index contributed by atoms with van der Waals surface area (Å²) in [7, 11) is 0. The number of nitrogens with zero attached hydrogens (tertiary/aromatic N) is 1. The summed E-state index contributed by atoms with van der Waals surface area (Å²) in [6.07, 6.45) is 3.50. The van der Waals surface area contributed by atoms with E-state index in [2.05, 4.69) is 13.8 Å². The van der Waals surface area contributed by atoms with Crippen molar-refractivity contribution >= 4 is 11.8 Å². The van der Waals surface area contributed by atoms with E-state index in [-0.39, 0.29) is 17.4 Å². The minimum absolute atomic E-state index is 0.194. The van der Waals surface area contributed by atoms with Crippen molar-refractivity contribution in [3.63, 3.8) is 0 Å². The van der Waals surface area contributed by atoms with E-state index in [4.69, 9.17) is 0 Å². The minimum atomic E-state index is -0.383. The normalized spacial score (nSPS) is 17.4. The highest BCUT2D eigenvalue weighted by molar-refractivity contribution is 6.13. The molecule has 0 bridgehead atoms. The quantitative estimate of drug-likeness (QED) is 0.643. The molecule has 0 aromatic rings. The molecule has 0 aliphatic carbocycles. The van der Waals surface area contributed by atoms with Gasteiger partial charge in [-0.1, -0.05) is 13.8 Å². The van der Waals surface area contributed by atoms with E-state index in [0.29, 0.717) is 5.92 Å². The number of carbonyl (C=O) groups excluding carboxylic acids is 2. The molecule has 3 nitrogen and oxygen atoms in total. The summed E-state index contributed by atoms with van der Waals surface area (Å²) in [6.45, 7) is 8.02. The van der Waals surface area contributed by atoms with E-state index in [9.17, 15) is 9.59 Å². The maximum absolute atomic E-state index is 11.4. The first-order valence-corrected chi connectivity index (χ1v) is 4.91. The van der Waals surface area contributed by atoms with Gasteiger partial charge in [0, 0.05) is 17.7 Å². The van der Waals surface area contributed by atoms with Gasteiger partial charge in [-0.3, -0.25) is 14.5 Å². The number of hydrogen-bond donors (Lipinski definition) is 0. The molecule has 1 aliphatic rings. The summed E-state index contributed by atoms with van der Waals surface area (Å²) in [5.74, 6) is 0.0764. The number of imide groups is 1. The van der Waals surface area contributed by atoms with Crippen LogP contribution in [0.1, 0.15) is 34.1 Å². The third-order valence-electron chi connectivity index (χ3n) is 2.32. The lowest BCUT2D eigenvalue weighted by atomic mass is 9.91. The molecule has 0 aromatic heterocycles. The van der Waals surface area contributed by atoms with Crippen LogP contribution in [-0.2, 0) is 9.59 Å². The fourth-order valence-electron chi connectivity index (χ4n) is 2.09. The van der Waals surface area contributed by atoms with Crippen LogP contribution in [-0.4, -0.2) is 22.3 Å². The topological polar surface area (TPSA) is 37.4 Å². The lowest BCUT2D eigenvalue weighted by Gasteiger charge is -2.35. The number of amides is 2. The van der Waals surface area contributed by atoms with E-state index < -0.39 is 0 Å². The maximum Gasteiger partial charge on any atom is 0.254 e. The zero-order valence-corrected chi connectivity index (χ0v) is 9.20. The first-order chi connectivity index (χ1) is 6.34. The largest absolute Gasteiger partial charge is 0.270 e. The zero-order valence-electron chi connectivity index (χ0n) is 9.20. The Morgan fingerprint density at radius 2 is 1.64 bits per heavy atom. The molecular formula is C11H17NO2.